The number of hydrogen-bond donors (Lipinski definition) is 1. The predicted molar refractivity (Wildman–Crippen MR) is 70.9 cm³/mol. The van der Waals surface area contributed by atoms with Crippen LogP contribution in [0.2, 0.25) is 5.02 Å². The summed E-state index contributed by atoms with van der Waals surface area (Å²) in [5, 5.41) is 0.590. The van der Waals surface area contributed by atoms with Gasteiger partial charge in [0.1, 0.15) is 5.75 Å². The van der Waals surface area contributed by atoms with E-state index in [0.29, 0.717) is 23.2 Å². The molecule has 0 saturated carbocycles. The first-order valence-electron chi connectivity index (χ1n) is 5.56. The van der Waals surface area contributed by atoms with Crippen LogP contribution >= 0.6 is 11.6 Å². The van der Waals surface area contributed by atoms with E-state index in [1.54, 1.807) is 12.3 Å². The minimum Gasteiger partial charge on any atom is -0.437 e. The zero-order valence-corrected chi connectivity index (χ0v) is 11.0. The van der Waals surface area contributed by atoms with E-state index < -0.39 is 0 Å². The van der Waals surface area contributed by atoms with Crippen LogP contribution in [0, 0.1) is 13.8 Å². The lowest BCUT2D eigenvalue weighted by Gasteiger charge is -2.08. The highest BCUT2D eigenvalue weighted by Gasteiger charge is 2.05. The van der Waals surface area contributed by atoms with Gasteiger partial charge in [0.2, 0.25) is 5.88 Å². The normalized spacial score (nSPS) is 10.4. The summed E-state index contributed by atoms with van der Waals surface area (Å²) >= 11 is 6.06. The fraction of sp³-hybridized carbons (Fsp3) is 0.231. The van der Waals surface area contributed by atoms with E-state index in [-0.39, 0.29) is 0 Å². The van der Waals surface area contributed by atoms with Crippen LogP contribution in [0.1, 0.15) is 17.0 Å². The zero-order chi connectivity index (χ0) is 13.1. The van der Waals surface area contributed by atoms with Gasteiger partial charge in [0.25, 0.3) is 0 Å². The summed E-state index contributed by atoms with van der Waals surface area (Å²) in [5.74, 6) is 1.07. The molecule has 2 N–H and O–H groups in total. The zero-order valence-electron chi connectivity index (χ0n) is 10.3. The molecule has 0 amide bonds. The Morgan fingerprint density at radius 3 is 2.67 bits per heavy atom. The average molecular weight is 264 g/mol. The molecule has 18 heavy (non-hydrogen) atoms. The minimum atomic E-state index is 0.405. The van der Waals surface area contributed by atoms with E-state index in [2.05, 4.69) is 9.97 Å². The number of rotatable bonds is 3. The number of hydrogen-bond acceptors (Lipinski definition) is 4. The molecular formula is C13H14ClN3O. The maximum absolute atomic E-state index is 6.06. The quantitative estimate of drug-likeness (QED) is 0.925. The van der Waals surface area contributed by atoms with Gasteiger partial charge in [0, 0.05) is 11.6 Å². The van der Waals surface area contributed by atoms with Crippen molar-refractivity contribution in [3.8, 4) is 11.6 Å². The molecule has 0 unspecified atom stereocenters. The molecule has 0 aliphatic rings. The number of halogens is 1. The number of nitrogens with two attached hydrogens (primary N) is 1. The molecular weight excluding hydrogens is 250 g/mol. The summed E-state index contributed by atoms with van der Waals surface area (Å²) in [4.78, 5) is 8.48. The highest BCUT2D eigenvalue weighted by Crippen LogP contribution is 2.25. The Labute approximate surface area is 111 Å². The second-order valence-corrected chi connectivity index (χ2v) is 4.35. The fourth-order valence-corrected chi connectivity index (χ4v) is 1.70. The molecule has 94 valence electrons. The van der Waals surface area contributed by atoms with Crippen LogP contribution < -0.4 is 10.5 Å². The molecule has 0 radical (unpaired) electrons. The summed E-state index contributed by atoms with van der Waals surface area (Å²) in [6.07, 6.45) is 1.59. The molecule has 5 heteroatoms. The maximum atomic E-state index is 6.06. The monoisotopic (exact) mass is 263 g/mol. The van der Waals surface area contributed by atoms with Crippen molar-refractivity contribution in [3.63, 3.8) is 0 Å². The Morgan fingerprint density at radius 2 is 2.06 bits per heavy atom. The van der Waals surface area contributed by atoms with Gasteiger partial charge >= 0.3 is 0 Å². The van der Waals surface area contributed by atoms with Crippen molar-refractivity contribution < 1.29 is 4.74 Å². The molecule has 2 aromatic rings. The molecule has 1 aromatic heterocycles. The van der Waals surface area contributed by atoms with Gasteiger partial charge in [-0.3, -0.25) is 4.98 Å². The van der Waals surface area contributed by atoms with Crippen LogP contribution in [0.4, 0.5) is 0 Å². The number of nitrogens with zero attached hydrogens (tertiary/aromatic N) is 2. The van der Waals surface area contributed by atoms with Crippen molar-refractivity contribution in [2.24, 2.45) is 5.73 Å². The highest BCUT2D eigenvalue weighted by molar-refractivity contribution is 6.31. The van der Waals surface area contributed by atoms with E-state index >= 15 is 0 Å². The molecule has 4 nitrogen and oxygen atoms in total. The molecule has 0 spiro atoms. The Morgan fingerprint density at radius 1 is 1.28 bits per heavy atom. The average Bonchev–Trinajstić information content (AvgIpc) is 2.34. The van der Waals surface area contributed by atoms with Crippen molar-refractivity contribution in [3.05, 3.63) is 46.4 Å². The third-order valence-corrected chi connectivity index (χ3v) is 2.99. The van der Waals surface area contributed by atoms with Gasteiger partial charge in [-0.15, -0.1) is 0 Å². The first kappa shape index (κ1) is 12.8. The molecule has 0 fully saturated rings. The molecule has 0 saturated heterocycles. The Bertz CT molecular complexity index is 572. The summed E-state index contributed by atoms with van der Waals surface area (Å²) < 4.78 is 5.60. The van der Waals surface area contributed by atoms with Gasteiger partial charge in [-0.25, -0.2) is 4.98 Å². The number of aryl methyl sites for hydroxylation is 2. The Balaban J connectivity index is 2.23. The lowest BCUT2D eigenvalue weighted by Crippen LogP contribution is -1.98. The topological polar surface area (TPSA) is 61.0 Å². The Kier molecular flexibility index (Phi) is 3.79. The van der Waals surface area contributed by atoms with Crippen LogP contribution in [-0.2, 0) is 6.54 Å². The van der Waals surface area contributed by atoms with E-state index in [4.69, 9.17) is 22.1 Å². The van der Waals surface area contributed by atoms with Gasteiger partial charge in [-0.1, -0.05) is 17.7 Å². The van der Waals surface area contributed by atoms with Gasteiger partial charge in [-0.2, -0.15) is 0 Å². The van der Waals surface area contributed by atoms with E-state index in [9.17, 15) is 0 Å². The van der Waals surface area contributed by atoms with Crippen molar-refractivity contribution in [2.45, 2.75) is 20.4 Å². The van der Waals surface area contributed by atoms with Crippen LogP contribution in [-0.4, -0.2) is 9.97 Å². The largest absolute Gasteiger partial charge is 0.437 e. The summed E-state index contributed by atoms with van der Waals surface area (Å²) in [7, 11) is 0. The summed E-state index contributed by atoms with van der Waals surface area (Å²) in [6, 6.07) is 5.37. The van der Waals surface area contributed by atoms with Crippen LogP contribution in [0.5, 0.6) is 11.6 Å². The van der Waals surface area contributed by atoms with Crippen molar-refractivity contribution >= 4 is 11.6 Å². The molecule has 0 atom stereocenters. The first-order valence-corrected chi connectivity index (χ1v) is 5.94. The molecule has 0 aliphatic carbocycles. The smallest absolute Gasteiger partial charge is 0.238 e. The van der Waals surface area contributed by atoms with E-state index in [0.717, 1.165) is 17.0 Å². The van der Waals surface area contributed by atoms with Crippen molar-refractivity contribution in [1.29, 1.82) is 0 Å². The number of benzene rings is 1. The lowest BCUT2D eigenvalue weighted by atomic mass is 10.2. The molecule has 2 rings (SSSR count). The van der Waals surface area contributed by atoms with Gasteiger partial charge in [-0.05, 0) is 31.5 Å². The summed E-state index contributed by atoms with van der Waals surface area (Å²) in [6.45, 7) is 4.20. The summed E-state index contributed by atoms with van der Waals surface area (Å²) in [5.41, 5.74) is 8.16. The fourth-order valence-electron chi connectivity index (χ4n) is 1.45. The van der Waals surface area contributed by atoms with Gasteiger partial charge in [0.15, 0.2) is 0 Å². The molecule has 1 heterocycles. The molecule has 1 aromatic carbocycles. The maximum Gasteiger partial charge on any atom is 0.238 e. The first-order chi connectivity index (χ1) is 8.60. The third kappa shape index (κ3) is 2.78. The van der Waals surface area contributed by atoms with Gasteiger partial charge < -0.3 is 10.5 Å². The predicted octanol–water partition coefficient (Wildman–Crippen LogP) is 3.00. The second-order valence-electron chi connectivity index (χ2n) is 3.94. The number of ether oxygens (including phenoxy) is 1. The van der Waals surface area contributed by atoms with E-state index in [1.807, 2.05) is 26.0 Å². The second kappa shape index (κ2) is 5.33. The SMILES string of the molecule is Cc1ncc(Oc2ccc(CN)c(Cl)c2)nc1C. The molecule has 0 aliphatic heterocycles. The molecule has 0 bridgehead atoms. The highest BCUT2D eigenvalue weighted by atomic mass is 35.5. The minimum absolute atomic E-state index is 0.405. The van der Waals surface area contributed by atoms with Crippen molar-refractivity contribution in [2.75, 3.05) is 0 Å². The standard InChI is InChI=1S/C13H14ClN3O/c1-8-9(2)17-13(7-16-8)18-11-4-3-10(6-15)12(14)5-11/h3-5,7H,6,15H2,1-2H3. The lowest BCUT2D eigenvalue weighted by molar-refractivity contribution is 0.458. The van der Waals surface area contributed by atoms with Crippen LogP contribution in [0.15, 0.2) is 24.4 Å². The Hall–Kier alpha value is -1.65. The number of aromatic nitrogens is 2. The van der Waals surface area contributed by atoms with Gasteiger partial charge in [0.05, 0.1) is 17.6 Å². The van der Waals surface area contributed by atoms with Crippen LogP contribution in [0.25, 0.3) is 0 Å². The van der Waals surface area contributed by atoms with Crippen LogP contribution in [0.3, 0.4) is 0 Å². The van der Waals surface area contributed by atoms with Crippen molar-refractivity contribution in [1.82, 2.24) is 9.97 Å². The van der Waals surface area contributed by atoms with E-state index in [1.165, 1.54) is 0 Å². The third-order valence-electron chi connectivity index (χ3n) is 2.64.